The molecule has 0 radical (unpaired) electrons. The van der Waals surface area contributed by atoms with Crippen LogP contribution in [0.25, 0.3) is 10.9 Å². The monoisotopic (exact) mass is 690 g/mol. The highest BCUT2D eigenvalue weighted by atomic mass is 16.4. The molecule has 0 aliphatic rings. The van der Waals surface area contributed by atoms with Crippen LogP contribution in [-0.4, -0.2) is 105 Å². The molecule has 49 heavy (non-hydrogen) atoms. The molecule has 1 aromatic carbocycles. The van der Waals surface area contributed by atoms with E-state index in [1.165, 1.54) is 0 Å². The maximum atomic E-state index is 13.6. The smallest absolute Gasteiger partial charge is 0.326 e. The summed E-state index contributed by atoms with van der Waals surface area (Å²) in [5.41, 5.74) is 18.1. The van der Waals surface area contributed by atoms with Crippen molar-refractivity contribution >= 4 is 58.3 Å². The van der Waals surface area contributed by atoms with E-state index in [1.807, 2.05) is 5.32 Å². The van der Waals surface area contributed by atoms with Crippen LogP contribution >= 0.6 is 0 Å². The van der Waals surface area contributed by atoms with E-state index in [0.29, 0.717) is 24.9 Å². The topological polar surface area (TPSA) is 339 Å². The van der Waals surface area contributed by atoms with E-state index in [9.17, 15) is 48.6 Å². The Morgan fingerprint density at radius 2 is 1.29 bits per heavy atom. The van der Waals surface area contributed by atoms with E-state index >= 15 is 0 Å². The van der Waals surface area contributed by atoms with Gasteiger partial charge in [0.15, 0.2) is 0 Å². The van der Waals surface area contributed by atoms with Gasteiger partial charge in [0.25, 0.3) is 0 Å². The van der Waals surface area contributed by atoms with Gasteiger partial charge in [0.05, 0.1) is 18.9 Å². The predicted molar refractivity (Wildman–Crippen MR) is 171 cm³/mol. The molecule has 268 valence electrons. The summed E-state index contributed by atoms with van der Waals surface area (Å²) < 4.78 is 0. The van der Waals surface area contributed by atoms with Crippen molar-refractivity contribution in [3.05, 3.63) is 36.0 Å². The lowest BCUT2D eigenvalue weighted by molar-refractivity contribution is -0.144. The minimum absolute atomic E-state index is 0.113. The number of carbonyl (C=O) groups excluding carboxylic acids is 5. The first-order valence-corrected chi connectivity index (χ1v) is 15.3. The third-order valence-corrected chi connectivity index (χ3v) is 7.35. The lowest BCUT2D eigenvalue weighted by atomic mass is 10.0. The van der Waals surface area contributed by atoms with E-state index in [-0.39, 0.29) is 12.8 Å². The van der Waals surface area contributed by atoms with Crippen LogP contribution in [0.15, 0.2) is 30.5 Å². The second-order valence-electron chi connectivity index (χ2n) is 11.2. The number of aromatic amines is 1. The number of hydrogen-bond acceptors (Lipinski definition) is 10. The summed E-state index contributed by atoms with van der Waals surface area (Å²) in [6.45, 7) is 0.389. The molecule has 0 saturated heterocycles. The summed E-state index contributed by atoms with van der Waals surface area (Å²) in [7, 11) is 0. The van der Waals surface area contributed by atoms with Crippen LogP contribution in [0.1, 0.15) is 50.5 Å². The number of nitrogens with one attached hydrogen (secondary N) is 5. The van der Waals surface area contributed by atoms with Crippen LogP contribution in [0, 0.1) is 0 Å². The predicted octanol–water partition coefficient (Wildman–Crippen LogP) is -2.59. The lowest BCUT2D eigenvalue weighted by Gasteiger charge is -2.25. The zero-order chi connectivity index (χ0) is 36.7. The number of rotatable bonds is 22. The van der Waals surface area contributed by atoms with Gasteiger partial charge in [0.1, 0.15) is 24.2 Å². The van der Waals surface area contributed by atoms with Gasteiger partial charge in [-0.05, 0) is 37.4 Å². The number of hydrogen-bond donors (Lipinski definition) is 11. The molecule has 2 rings (SSSR count). The van der Waals surface area contributed by atoms with Crippen molar-refractivity contribution in [3.63, 3.8) is 0 Å². The third kappa shape index (κ3) is 13.2. The van der Waals surface area contributed by atoms with Crippen molar-refractivity contribution in [2.75, 3.05) is 6.54 Å². The average Bonchev–Trinajstić information content (AvgIpc) is 3.43. The van der Waals surface area contributed by atoms with Crippen LogP contribution in [0.3, 0.4) is 0 Å². The van der Waals surface area contributed by atoms with Crippen molar-refractivity contribution in [1.29, 1.82) is 0 Å². The number of para-hydroxylation sites is 1. The third-order valence-electron chi connectivity index (χ3n) is 7.35. The van der Waals surface area contributed by atoms with Gasteiger partial charge in [-0.15, -0.1) is 0 Å². The summed E-state index contributed by atoms with van der Waals surface area (Å²) in [4.78, 5) is 102. The lowest BCUT2D eigenvalue weighted by Crippen LogP contribution is -2.59. The first kappa shape index (κ1) is 39.6. The SMILES string of the molecule is NCCCC[C@H](N)C(=O)N[C@@H](Cc1c[nH]c2ccccc12)C(=O)N[C@@H](CC(=O)O)C(=O)N[C@@H](CC(N)=O)C(=O)N[C@@H](CCC(=O)O)C(=O)O. The Kier molecular flexibility index (Phi) is 15.6. The fraction of sp³-hybridized carbons (Fsp3) is 0.467. The largest absolute Gasteiger partial charge is 0.481 e. The summed E-state index contributed by atoms with van der Waals surface area (Å²) in [6.07, 6.45) is -0.124. The summed E-state index contributed by atoms with van der Waals surface area (Å²) in [5.74, 6) is -9.77. The van der Waals surface area contributed by atoms with Crippen LogP contribution < -0.4 is 38.5 Å². The summed E-state index contributed by atoms with van der Waals surface area (Å²) in [6, 6.07) is -0.692. The van der Waals surface area contributed by atoms with Crippen LogP contribution in [-0.2, 0) is 44.8 Å². The highest BCUT2D eigenvalue weighted by Gasteiger charge is 2.34. The Bertz CT molecular complexity index is 1530. The molecule has 0 spiro atoms. The zero-order valence-electron chi connectivity index (χ0n) is 26.5. The van der Waals surface area contributed by atoms with E-state index in [4.69, 9.17) is 22.3 Å². The van der Waals surface area contributed by atoms with E-state index in [2.05, 4.69) is 20.9 Å². The minimum Gasteiger partial charge on any atom is -0.481 e. The normalized spacial score (nSPS) is 14.0. The van der Waals surface area contributed by atoms with E-state index in [1.54, 1.807) is 30.5 Å². The van der Waals surface area contributed by atoms with Gasteiger partial charge >= 0.3 is 17.9 Å². The zero-order valence-corrected chi connectivity index (χ0v) is 26.5. The fourth-order valence-electron chi connectivity index (χ4n) is 4.78. The molecular weight excluding hydrogens is 648 g/mol. The van der Waals surface area contributed by atoms with Crippen molar-refractivity contribution in [1.82, 2.24) is 26.3 Å². The standard InChI is InChI=1S/C30H42N8O11/c31-10-4-3-6-17(32)26(44)36-20(11-15-14-34-18-7-2-1-5-16(15)18)27(45)38-22(13-25(42)43)29(47)37-21(12-23(33)39)28(46)35-19(30(48)49)8-9-24(40)41/h1-2,5,7,14,17,19-22,34H,3-4,6,8-13,31-32H2,(H2,33,39)(H,35,46)(H,36,44)(H,37,47)(H,38,45)(H,40,41)(H,42,43)(H,48,49)/t17-,19-,20-,21-,22-/m0/s1. The first-order chi connectivity index (χ1) is 23.1. The molecule has 1 aromatic heterocycles. The number of H-pyrrole nitrogens is 1. The molecule has 0 fully saturated rings. The Balaban J connectivity index is 2.32. The molecule has 0 aliphatic heterocycles. The Labute approximate surface area is 279 Å². The molecule has 0 saturated carbocycles. The summed E-state index contributed by atoms with van der Waals surface area (Å²) in [5, 5.41) is 37.4. The molecule has 19 heteroatoms. The highest BCUT2D eigenvalue weighted by Crippen LogP contribution is 2.19. The van der Waals surface area contributed by atoms with Crippen LogP contribution in [0.4, 0.5) is 0 Å². The molecule has 14 N–H and O–H groups in total. The minimum atomic E-state index is -1.86. The molecule has 2 aromatic rings. The number of benzene rings is 1. The van der Waals surface area contributed by atoms with Gasteiger partial charge < -0.3 is 58.8 Å². The van der Waals surface area contributed by atoms with Crippen molar-refractivity contribution in [2.45, 2.75) is 81.6 Å². The van der Waals surface area contributed by atoms with Gasteiger partial charge in [-0.25, -0.2) is 4.79 Å². The number of primary amides is 1. The second-order valence-corrected chi connectivity index (χ2v) is 11.2. The number of aromatic nitrogens is 1. The Morgan fingerprint density at radius 3 is 1.86 bits per heavy atom. The number of fused-ring (bicyclic) bond motifs is 1. The quantitative estimate of drug-likeness (QED) is 0.0566. The molecular formula is C30H42N8O11. The average molecular weight is 691 g/mol. The number of nitrogens with two attached hydrogens (primary N) is 3. The van der Waals surface area contributed by atoms with Crippen molar-refractivity contribution < 1.29 is 53.7 Å². The van der Waals surface area contributed by atoms with E-state index in [0.717, 1.165) is 10.9 Å². The molecule has 0 bridgehead atoms. The van der Waals surface area contributed by atoms with Gasteiger partial charge in [0, 0.05) is 29.9 Å². The number of carboxylic acids is 3. The second kappa shape index (κ2) is 19.3. The number of amides is 5. The molecule has 0 unspecified atom stereocenters. The maximum Gasteiger partial charge on any atom is 0.326 e. The van der Waals surface area contributed by atoms with Crippen LogP contribution in [0.5, 0.6) is 0 Å². The Hall–Kier alpha value is -5.56. The number of aliphatic carboxylic acids is 3. The molecule has 19 nitrogen and oxygen atoms in total. The van der Waals surface area contributed by atoms with Crippen molar-refractivity contribution in [2.24, 2.45) is 17.2 Å². The fourth-order valence-corrected chi connectivity index (χ4v) is 4.78. The maximum absolute atomic E-state index is 13.6. The van der Waals surface area contributed by atoms with Crippen molar-refractivity contribution in [3.8, 4) is 0 Å². The number of unbranched alkanes of at least 4 members (excludes halogenated alkanes) is 1. The summed E-state index contributed by atoms with van der Waals surface area (Å²) >= 11 is 0. The number of carboxylic acid groups (broad SMARTS) is 3. The molecule has 5 atom stereocenters. The molecule has 1 heterocycles. The first-order valence-electron chi connectivity index (χ1n) is 15.3. The molecule has 0 aliphatic carbocycles. The number of carbonyl (C=O) groups is 8. The highest BCUT2D eigenvalue weighted by molar-refractivity contribution is 5.98. The van der Waals surface area contributed by atoms with Gasteiger partial charge in [0.2, 0.25) is 29.5 Å². The molecule has 5 amide bonds. The van der Waals surface area contributed by atoms with Gasteiger partial charge in [-0.2, -0.15) is 0 Å². The van der Waals surface area contributed by atoms with Gasteiger partial charge in [-0.1, -0.05) is 24.6 Å². The van der Waals surface area contributed by atoms with Gasteiger partial charge in [-0.3, -0.25) is 33.6 Å². The van der Waals surface area contributed by atoms with E-state index < -0.39 is 103 Å². The van der Waals surface area contributed by atoms with Crippen LogP contribution in [0.2, 0.25) is 0 Å². The Morgan fingerprint density at radius 1 is 0.714 bits per heavy atom.